The SMILES string of the molecule is CC(C)(CC(=O)[C@@H](N)Cc1cnc[nH]1)C(=O)CC[C@@H](CCCCNC(=O)[C@@H](N)CCCCCC(=O)[C@@H](N)CCCCNC(=O)[C@H](CCCCNC(=O)CC[C@H](NC(=O)C1CCC(CCC(=O)CCCCCCCCCCCCCCCCCCC(=O)O)CC1)C(=O)O)CC(=O)CC[C@H](NC(=O)C1CCC(CCC(=O)CCCCCCCCCCCCCCCCCCC(=O)O)CC1)C(=O)O)C(=O)O. The second-order valence-electron chi connectivity index (χ2n) is 41.1. The maximum atomic E-state index is 14.0. The first-order valence-corrected chi connectivity index (χ1v) is 54.2. The Morgan fingerprint density at radius 1 is 0.355 bits per heavy atom. The fourth-order valence-corrected chi connectivity index (χ4v) is 19.2. The van der Waals surface area contributed by atoms with Crippen molar-refractivity contribution < 1.29 is 102 Å². The number of aromatic amines is 1. The van der Waals surface area contributed by atoms with E-state index in [-0.39, 0.29) is 156 Å². The summed E-state index contributed by atoms with van der Waals surface area (Å²) < 4.78 is 0. The van der Waals surface area contributed by atoms with Crippen molar-refractivity contribution in [1.29, 1.82) is 0 Å². The summed E-state index contributed by atoms with van der Waals surface area (Å²) in [6, 6.07) is -5.00. The summed E-state index contributed by atoms with van der Waals surface area (Å²) in [5.41, 5.74) is 18.3. The van der Waals surface area contributed by atoms with Gasteiger partial charge in [-0.3, -0.25) is 67.1 Å². The number of aromatic nitrogens is 2. The van der Waals surface area contributed by atoms with Gasteiger partial charge in [0.25, 0.3) is 0 Å². The number of imidazole rings is 1. The number of nitrogens with zero attached hydrogens (tertiary/aromatic N) is 1. The first kappa shape index (κ1) is 124. The third kappa shape index (κ3) is 62.9. The highest BCUT2D eigenvalue weighted by Gasteiger charge is 2.36. The lowest BCUT2D eigenvalue weighted by Gasteiger charge is -2.28. The first-order valence-electron chi connectivity index (χ1n) is 54.2. The van der Waals surface area contributed by atoms with E-state index in [9.17, 15) is 92.0 Å². The molecule has 31 heteroatoms. The van der Waals surface area contributed by atoms with Crippen molar-refractivity contribution in [1.82, 2.24) is 36.6 Å². The molecule has 3 rings (SSSR count). The molecule has 1 heterocycles. The maximum Gasteiger partial charge on any atom is 0.326 e. The third-order valence-electron chi connectivity index (χ3n) is 28.6. The van der Waals surface area contributed by atoms with E-state index in [1.54, 1.807) is 20.0 Å². The highest BCUT2D eigenvalue weighted by Crippen LogP contribution is 2.35. The molecular weight excluding hydrogens is 1760 g/mol. The van der Waals surface area contributed by atoms with E-state index in [0.717, 1.165) is 116 Å². The molecule has 1 aromatic heterocycles. The zero-order chi connectivity index (χ0) is 101. The first-order chi connectivity index (χ1) is 66.2. The van der Waals surface area contributed by atoms with Gasteiger partial charge in [-0.15, -0.1) is 0 Å². The predicted octanol–water partition coefficient (Wildman–Crippen LogP) is 18.1. The molecule has 5 amide bonds. The second kappa shape index (κ2) is 77.5. The van der Waals surface area contributed by atoms with Crippen molar-refractivity contribution in [3.05, 3.63) is 18.2 Å². The Hall–Kier alpha value is -8.19. The Balaban J connectivity index is 1.40. The van der Waals surface area contributed by atoms with E-state index in [4.69, 9.17) is 27.4 Å². The molecule has 2 fully saturated rings. The normalized spacial score (nSPS) is 16.5. The van der Waals surface area contributed by atoms with Gasteiger partial charge in [0.2, 0.25) is 29.5 Å². The van der Waals surface area contributed by atoms with E-state index >= 15 is 0 Å². The van der Waals surface area contributed by atoms with Crippen molar-refractivity contribution in [2.45, 2.75) is 500 Å². The van der Waals surface area contributed by atoms with Crippen LogP contribution in [0.4, 0.5) is 0 Å². The Kier molecular flexibility index (Phi) is 69.6. The summed E-state index contributed by atoms with van der Waals surface area (Å²) in [6.07, 6.45) is 54.6. The number of rotatable bonds is 92. The molecular formula is C107H184N10O21. The zero-order valence-electron chi connectivity index (χ0n) is 84.8. The number of ketones is 6. The summed E-state index contributed by atoms with van der Waals surface area (Å²) in [4.78, 5) is 211. The molecule has 0 aliphatic heterocycles. The minimum atomic E-state index is -1.35. The van der Waals surface area contributed by atoms with Crippen LogP contribution < -0.4 is 43.8 Å². The second-order valence-corrected chi connectivity index (χ2v) is 41.1. The molecule has 0 unspecified atom stereocenters. The molecule has 0 aromatic carbocycles. The van der Waals surface area contributed by atoms with E-state index < -0.39 is 101 Å². The van der Waals surface area contributed by atoms with Gasteiger partial charge in [-0.25, -0.2) is 14.6 Å². The maximum absolute atomic E-state index is 14.0. The molecule has 788 valence electrons. The average Bonchev–Trinajstić information content (AvgIpc) is 0.971. The van der Waals surface area contributed by atoms with E-state index in [2.05, 4.69) is 36.6 Å². The van der Waals surface area contributed by atoms with Crippen LogP contribution >= 0.6 is 0 Å². The van der Waals surface area contributed by atoms with Crippen LogP contribution in [0.1, 0.15) is 469 Å². The van der Waals surface area contributed by atoms with Crippen LogP contribution in [-0.4, -0.2) is 179 Å². The van der Waals surface area contributed by atoms with Gasteiger partial charge < -0.3 is 74.3 Å². The average molecular weight is 1950 g/mol. The molecule has 7 atom stereocenters. The zero-order valence-corrected chi connectivity index (χ0v) is 84.8. The highest BCUT2D eigenvalue weighted by atomic mass is 16.4. The van der Waals surface area contributed by atoms with E-state index in [1.165, 1.54) is 135 Å². The predicted molar refractivity (Wildman–Crippen MR) is 535 cm³/mol. The van der Waals surface area contributed by atoms with Crippen molar-refractivity contribution in [3.8, 4) is 0 Å². The lowest BCUT2D eigenvalue weighted by molar-refractivity contribution is -0.143. The van der Waals surface area contributed by atoms with Crippen molar-refractivity contribution in [3.63, 3.8) is 0 Å². The van der Waals surface area contributed by atoms with Crippen molar-refractivity contribution in [2.24, 2.45) is 58.1 Å². The molecule has 2 aliphatic rings. The summed E-state index contributed by atoms with van der Waals surface area (Å²) in [5, 5.41) is 61.7. The summed E-state index contributed by atoms with van der Waals surface area (Å²) in [7, 11) is 0. The summed E-state index contributed by atoms with van der Waals surface area (Å²) in [6.45, 7) is 3.97. The smallest absolute Gasteiger partial charge is 0.326 e. The number of carbonyl (C=O) groups is 16. The number of hydrogen-bond acceptors (Lipinski definition) is 20. The summed E-state index contributed by atoms with van der Waals surface area (Å²) in [5.74, 6) is -9.21. The fourth-order valence-electron chi connectivity index (χ4n) is 19.2. The quantitative estimate of drug-likeness (QED) is 0.0269. The van der Waals surface area contributed by atoms with Gasteiger partial charge in [-0.05, 0) is 179 Å². The van der Waals surface area contributed by atoms with Gasteiger partial charge in [0.15, 0.2) is 5.78 Å². The van der Waals surface area contributed by atoms with Crippen LogP contribution in [0.15, 0.2) is 12.5 Å². The molecule has 0 radical (unpaired) electrons. The fraction of sp³-hybridized carbons (Fsp3) is 0.822. The number of Topliss-reactive ketones (excluding diaryl/α,β-unsaturated/α-hetero) is 6. The molecule has 17 N–H and O–H groups in total. The van der Waals surface area contributed by atoms with Gasteiger partial charge in [0.1, 0.15) is 41.0 Å². The van der Waals surface area contributed by atoms with Gasteiger partial charge >= 0.3 is 29.8 Å². The standard InChI is InChI=1S/C107H184N10O21/c1-107(2,76-95(122)91(110)75-85-77-111-78-115-85)96(123)69-63-83(104(133)134)44-38-42-73-114-103(132)90(109)49-34-31-35-50-94(121)89(108)48-40-43-72-113-100(129)84(74-88(120)66-67-92(105(135)136)116-101(130)81-59-53-79(54-60-81)57-64-86(118)46-32-27-23-19-15-11-7-3-5-9-13-17-21-25-29-36-51-98(125)126)45-39-41-71-112-97(124)70-68-93(106(137)138)117-102(131)82-61-55-80(56-62-82)58-65-87(119)47-33-28-24-20-16-12-8-4-6-10-14-18-22-26-30-37-52-99(127)128/h77-84,89-93H,3-76,108-110H2,1-2H3,(H,111,115)(H,112,124)(H,113,129)(H,114,132)(H,116,130)(H,117,131)(H,125,126)(H,127,128)(H,133,134)(H,135,136)(H,137,138)/t79?,80?,81?,82?,83-,84-,89+,90+,91+,92+,93+/m1/s1. The number of amides is 5. The van der Waals surface area contributed by atoms with Crippen LogP contribution in [0.2, 0.25) is 0 Å². The number of nitrogens with one attached hydrogen (secondary N) is 6. The molecule has 1 aromatic rings. The lowest BCUT2D eigenvalue weighted by Crippen LogP contribution is -2.45. The number of carboxylic acids is 5. The topological polar surface area (TPSA) is 541 Å². The number of H-pyrrole nitrogens is 1. The lowest BCUT2D eigenvalue weighted by atomic mass is 9.78. The minimum Gasteiger partial charge on any atom is -0.481 e. The number of hydrogen-bond donors (Lipinski definition) is 14. The van der Waals surface area contributed by atoms with Crippen LogP contribution in [0.25, 0.3) is 0 Å². The minimum absolute atomic E-state index is 0.0138. The van der Waals surface area contributed by atoms with Gasteiger partial charge in [-0.2, -0.15) is 0 Å². The molecule has 31 nitrogen and oxygen atoms in total. The van der Waals surface area contributed by atoms with Gasteiger partial charge in [0.05, 0.1) is 30.4 Å². The molecule has 0 bridgehead atoms. The number of nitrogens with two attached hydrogens (primary N) is 3. The van der Waals surface area contributed by atoms with Crippen molar-refractivity contribution >= 4 is 94.1 Å². The molecule has 0 saturated heterocycles. The monoisotopic (exact) mass is 1950 g/mol. The highest BCUT2D eigenvalue weighted by molar-refractivity contribution is 5.93. The largest absolute Gasteiger partial charge is 0.481 e. The number of carboxylic acid groups (broad SMARTS) is 5. The van der Waals surface area contributed by atoms with Gasteiger partial charge in [-0.1, -0.05) is 219 Å². The van der Waals surface area contributed by atoms with Crippen LogP contribution in [-0.2, 0) is 83.1 Å². The Bertz CT molecular complexity index is 3640. The van der Waals surface area contributed by atoms with E-state index in [0.29, 0.717) is 146 Å². The number of unbranched alkanes of at least 4 members (excludes halogenated alkanes) is 35. The van der Waals surface area contributed by atoms with Crippen LogP contribution in [0.5, 0.6) is 0 Å². The molecule has 2 aliphatic carbocycles. The Labute approximate surface area is 824 Å². The molecule has 0 spiro atoms. The molecule has 138 heavy (non-hydrogen) atoms. The van der Waals surface area contributed by atoms with Gasteiger partial charge in [0, 0.05) is 138 Å². The van der Waals surface area contributed by atoms with Crippen molar-refractivity contribution in [2.75, 3.05) is 19.6 Å². The third-order valence-corrected chi connectivity index (χ3v) is 28.6. The van der Waals surface area contributed by atoms with Crippen LogP contribution in [0.3, 0.4) is 0 Å². The molecule has 2 saturated carbocycles. The van der Waals surface area contributed by atoms with Crippen LogP contribution in [0, 0.1) is 40.9 Å². The number of carbonyl (C=O) groups excluding carboxylic acids is 11. The summed E-state index contributed by atoms with van der Waals surface area (Å²) >= 11 is 0. The number of aliphatic carboxylic acids is 5. The Morgan fingerprint density at radius 2 is 0.725 bits per heavy atom. The van der Waals surface area contributed by atoms with E-state index in [1.807, 2.05) is 0 Å². The Morgan fingerprint density at radius 3 is 1.14 bits per heavy atom.